The van der Waals surface area contributed by atoms with Gasteiger partial charge in [-0.1, -0.05) is 37.3 Å². The number of benzene rings is 1. The van der Waals surface area contributed by atoms with E-state index < -0.39 is 31.3 Å². The van der Waals surface area contributed by atoms with Crippen molar-refractivity contribution in [3.05, 3.63) is 35.9 Å². The van der Waals surface area contributed by atoms with Gasteiger partial charge in [-0.25, -0.2) is 0 Å². The van der Waals surface area contributed by atoms with E-state index in [1.54, 1.807) is 6.92 Å². The van der Waals surface area contributed by atoms with Crippen molar-refractivity contribution in [1.29, 1.82) is 0 Å². The lowest BCUT2D eigenvalue weighted by Crippen LogP contribution is -2.56. The van der Waals surface area contributed by atoms with Gasteiger partial charge in [-0.05, 0) is 5.56 Å². The molecule has 0 fully saturated rings. The Hall–Kier alpha value is -1.47. The molecule has 0 heterocycles. The highest BCUT2D eigenvalue weighted by Gasteiger charge is 2.29. The van der Waals surface area contributed by atoms with E-state index in [9.17, 15) is 20.1 Å². The fourth-order valence-electron chi connectivity index (χ4n) is 1.64. The van der Waals surface area contributed by atoms with E-state index in [0.29, 0.717) is 0 Å². The molecule has 118 valence electrons. The number of nitrogens with one attached hydrogen (secondary N) is 1. The summed E-state index contributed by atoms with van der Waals surface area (Å²) in [7, 11) is 0. The molecule has 1 aromatic rings. The summed E-state index contributed by atoms with van der Waals surface area (Å²) < 4.78 is 5.19. The summed E-state index contributed by atoms with van der Waals surface area (Å²) in [6, 6.07) is 9.35. The number of hydrogen-bond acceptors (Lipinski definition) is 6. The summed E-state index contributed by atoms with van der Waals surface area (Å²) in [5, 5.41) is 30.4. The second kappa shape index (κ2) is 8.74. The van der Waals surface area contributed by atoms with E-state index in [-0.39, 0.29) is 19.1 Å². The summed E-state index contributed by atoms with van der Waals surface area (Å²) >= 11 is 0. The highest BCUT2D eigenvalue weighted by Crippen LogP contribution is 2.07. The lowest BCUT2D eigenvalue weighted by atomic mass is 10.0. The third kappa shape index (κ3) is 5.43. The molecule has 4 N–H and O–H groups in total. The number of hydrogen-bond donors (Lipinski definition) is 4. The van der Waals surface area contributed by atoms with E-state index in [1.807, 2.05) is 30.3 Å². The van der Waals surface area contributed by atoms with Crippen molar-refractivity contribution in [1.82, 2.24) is 5.32 Å². The Morgan fingerprint density at radius 2 is 1.76 bits per heavy atom. The first-order chi connectivity index (χ1) is 10.1. The average molecular weight is 297 g/mol. The third-order valence-electron chi connectivity index (χ3n) is 3.32. The maximum absolute atomic E-state index is 11.8. The first-order valence-corrected chi connectivity index (χ1v) is 6.85. The van der Waals surface area contributed by atoms with Crippen LogP contribution in [0, 0.1) is 5.92 Å². The molecule has 0 aromatic heterocycles. The topological polar surface area (TPSA) is 99.0 Å². The fourth-order valence-corrected chi connectivity index (χ4v) is 1.64. The summed E-state index contributed by atoms with van der Waals surface area (Å²) in [5.74, 6) is -0.841. The van der Waals surface area contributed by atoms with Crippen LogP contribution in [0.3, 0.4) is 0 Å². The summed E-state index contributed by atoms with van der Waals surface area (Å²) in [6.07, 6.45) is 0. The molecule has 0 aliphatic carbocycles. The van der Waals surface area contributed by atoms with Crippen LogP contribution in [0.5, 0.6) is 0 Å². The largest absolute Gasteiger partial charge is 0.461 e. The van der Waals surface area contributed by atoms with Crippen LogP contribution in [0.15, 0.2) is 30.3 Å². The van der Waals surface area contributed by atoms with E-state index in [0.717, 1.165) is 5.56 Å². The highest BCUT2D eigenvalue weighted by atomic mass is 16.5. The van der Waals surface area contributed by atoms with Crippen molar-refractivity contribution in [2.75, 3.05) is 26.4 Å². The molecule has 0 saturated carbocycles. The quantitative estimate of drug-likeness (QED) is 0.466. The summed E-state index contributed by atoms with van der Waals surface area (Å²) in [6.45, 7) is 0.797. The van der Waals surface area contributed by atoms with E-state index in [1.165, 1.54) is 0 Å². The molecule has 0 aliphatic rings. The van der Waals surface area contributed by atoms with Crippen LogP contribution in [0.2, 0.25) is 0 Å². The van der Waals surface area contributed by atoms with Crippen molar-refractivity contribution in [3.63, 3.8) is 0 Å². The maximum Gasteiger partial charge on any atom is 0.310 e. The van der Waals surface area contributed by atoms with Crippen LogP contribution in [0.25, 0.3) is 0 Å². The van der Waals surface area contributed by atoms with Gasteiger partial charge >= 0.3 is 5.97 Å². The molecule has 6 heteroatoms. The van der Waals surface area contributed by atoms with Crippen molar-refractivity contribution < 1.29 is 24.9 Å². The standard InChI is InChI=1S/C15H23NO5/c1-12(7-16-15(9-17,10-18)11-19)14(20)21-8-13-5-3-2-4-6-13/h2-6,12,16-19H,7-11H2,1H3. The van der Waals surface area contributed by atoms with Gasteiger partial charge < -0.3 is 25.4 Å². The zero-order valence-corrected chi connectivity index (χ0v) is 12.2. The van der Waals surface area contributed by atoms with Crippen molar-refractivity contribution in [2.24, 2.45) is 5.92 Å². The average Bonchev–Trinajstić information content (AvgIpc) is 2.55. The Balaban J connectivity index is 2.40. The van der Waals surface area contributed by atoms with E-state index >= 15 is 0 Å². The van der Waals surface area contributed by atoms with Crippen LogP contribution in [0.1, 0.15) is 12.5 Å². The van der Waals surface area contributed by atoms with Gasteiger partial charge in [0.05, 0.1) is 31.3 Å². The number of carbonyl (C=O) groups excluding carboxylic acids is 1. The van der Waals surface area contributed by atoms with E-state index in [4.69, 9.17) is 4.74 Å². The van der Waals surface area contributed by atoms with Crippen molar-refractivity contribution in [3.8, 4) is 0 Å². The van der Waals surface area contributed by atoms with Crippen molar-refractivity contribution in [2.45, 2.75) is 19.1 Å². The Kier molecular flexibility index (Phi) is 7.31. The molecular weight excluding hydrogens is 274 g/mol. The smallest absolute Gasteiger partial charge is 0.310 e. The van der Waals surface area contributed by atoms with Crippen LogP contribution in [-0.2, 0) is 16.1 Å². The second-order valence-corrected chi connectivity index (χ2v) is 5.13. The molecule has 1 rings (SSSR count). The van der Waals surface area contributed by atoms with Gasteiger partial charge in [0.15, 0.2) is 0 Å². The van der Waals surface area contributed by atoms with Crippen LogP contribution in [0.4, 0.5) is 0 Å². The number of rotatable bonds is 9. The highest BCUT2D eigenvalue weighted by molar-refractivity contribution is 5.72. The number of carbonyl (C=O) groups is 1. The Bertz CT molecular complexity index is 411. The van der Waals surface area contributed by atoms with Gasteiger partial charge in [0.1, 0.15) is 6.61 Å². The Morgan fingerprint density at radius 3 is 2.29 bits per heavy atom. The van der Waals surface area contributed by atoms with Gasteiger partial charge in [0.2, 0.25) is 0 Å². The molecule has 21 heavy (non-hydrogen) atoms. The van der Waals surface area contributed by atoms with Gasteiger partial charge in [-0.3, -0.25) is 4.79 Å². The zero-order valence-electron chi connectivity index (χ0n) is 12.2. The van der Waals surface area contributed by atoms with Gasteiger partial charge in [0.25, 0.3) is 0 Å². The molecule has 1 unspecified atom stereocenters. The second-order valence-electron chi connectivity index (χ2n) is 5.13. The van der Waals surface area contributed by atoms with E-state index in [2.05, 4.69) is 5.32 Å². The molecule has 0 bridgehead atoms. The molecule has 0 spiro atoms. The minimum atomic E-state index is -1.19. The Morgan fingerprint density at radius 1 is 1.19 bits per heavy atom. The summed E-state index contributed by atoms with van der Waals surface area (Å²) in [4.78, 5) is 11.8. The molecule has 1 aromatic carbocycles. The summed E-state index contributed by atoms with van der Waals surface area (Å²) in [5.41, 5.74) is -0.282. The molecule has 0 radical (unpaired) electrons. The number of aliphatic hydroxyl groups is 3. The Labute approximate surface area is 124 Å². The normalized spacial score (nSPS) is 13.0. The molecule has 0 aliphatic heterocycles. The van der Waals surface area contributed by atoms with Crippen LogP contribution >= 0.6 is 0 Å². The molecule has 6 nitrogen and oxygen atoms in total. The molecule has 1 atom stereocenters. The molecule has 0 saturated heterocycles. The van der Waals surface area contributed by atoms with Crippen molar-refractivity contribution >= 4 is 5.97 Å². The SMILES string of the molecule is CC(CNC(CO)(CO)CO)C(=O)OCc1ccccc1. The minimum absolute atomic E-state index is 0.190. The number of aliphatic hydroxyl groups excluding tert-OH is 3. The number of ether oxygens (including phenoxy) is 1. The molecule has 0 amide bonds. The maximum atomic E-state index is 11.8. The lowest BCUT2D eigenvalue weighted by Gasteiger charge is -2.29. The third-order valence-corrected chi connectivity index (χ3v) is 3.32. The monoisotopic (exact) mass is 297 g/mol. The predicted molar refractivity (Wildman–Crippen MR) is 77.4 cm³/mol. The minimum Gasteiger partial charge on any atom is -0.461 e. The zero-order chi connectivity index (χ0) is 15.7. The fraction of sp³-hybridized carbons (Fsp3) is 0.533. The first kappa shape index (κ1) is 17.6. The van der Waals surface area contributed by atoms with Gasteiger partial charge in [-0.15, -0.1) is 0 Å². The first-order valence-electron chi connectivity index (χ1n) is 6.85. The van der Waals surface area contributed by atoms with Crippen LogP contribution in [-0.4, -0.2) is 53.2 Å². The number of esters is 1. The lowest BCUT2D eigenvalue weighted by molar-refractivity contribution is -0.149. The van der Waals surface area contributed by atoms with Gasteiger partial charge in [0, 0.05) is 6.54 Å². The van der Waals surface area contributed by atoms with Gasteiger partial charge in [-0.2, -0.15) is 0 Å². The van der Waals surface area contributed by atoms with Crippen LogP contribution < -0.4 is 5.32 Å². The predicted octanol–water partition coefficient (Wildman–Crippen LogP) is -0.329. The molecular formula is C15H23NO5.